The van der Waals surface area contributed by atoms with Crippen molar-refractivity contribution < 1.29 is 9.59 Å². The maximum absolute atomic E-state index is 12.8. The quantitative estimate of drug-likeness (QED) is 0.925. The molecule has 23 heavy (non-hydrogen) atoms. The Morgan fingerprint density at radius 1 is 1.39 bits per heavy atom. The summed E-state index contributed by atoms with van der Waals surface area (Å²) in [7, 11) is 1.79. The molecule has 1 atom stereocenters. The molecule has 0 aliphatic carbocycles. The summed E-state index contributed by atoms with van der Waals surface area (Å²) in [5.74, 6) is -0.176. The van der Waals surface area contributed by atoms with Crippen LogP contribution in [0.3, 0.4) is 0 Å². The summed E-state index contributed by atoms with van der Waals surface area (Å²) in [6.07, 6.45) is 4.27. The Bertz CT molecular complexity index is 726. The Morgan fingerprint density at radius 2 is 2.22 bits per heavy atom. The van der Waals surface area contributed by atoms with Crippen LogP contribution >= 0.6 is 0 Å². The van der Waals surface area contributed by atoms with Gasteiger partial charge < -0.3 is 9.80 Å². The van der Waals surface area contributed by atoms with Gasteiger partial charge in [-0.05, 0) is 18.6 Å². The first-order valence-electron chi connectivity index (χ1n) is 7.98. The zero-order valence-corrected chi connectivity index (χ0v) is 13.5. The highest BCUT2D eigenvalue weighted by atomic mass is 16.2. The van der Waals surface area contributed by atoms with Crippen molar-refractivity contribution in [3.05, 3.63) is 24.0 Å². The van der Waals surface area contributed by atoms with Gasteiger partial charge in [0, 0.05) is 25.5 Å². The van der Waals surface area contributed by atoms with Crippen LogP contribution in [0.4, 0.5) is 0 Å². The number of fused-ring (bicyclic) bond motifs is 1. The Hall–Kier alpha value is -2.44. The molecule has 2 amide bonds. The first-order chi connectivity index (χ1) is 11.1. The maximum Gasteiger partial charge on any atom is 0.273 e. The molecule has 1 aliphatic rings. The van der Waals surface area contributed by atoms with Gasteiger partial charge in [0.2, 0.25) is 5.91 Å². The molecule has 7 heteroatoms. The van der Waals surface area contributed by atoms with Crippen LogP contribution in [0, 0.1) is 0 Å². The number of nitrogens with zero attached hydrogens (tertiary/aromatic N) is 4. The molecule has 1 aliphatic heterocycles. The first-order valence-corrected chi connectivity index (χ1v) is 7.98. The van der Waals surface area contributed by atoms with Gasteiger partial charge in [-0.1, -0.05) is 19.8 Å². The van der Waals surface area contributed by atoms with E-state index < -0.39 is 0 Å². The normalized spacial score (nSPS) is 18.7. The molecule has 2 aromatic rings. The number of likely N-dealkylation sites (N-methyl/N-ethyl adjacent to an activating group) is 1. The number of hydrogen-bond donors (Lipinski definition) is 1. The number of rotatable bonds is 4. The van der Waals surface area contributed by atoms with E-state index in [4.69, 9.17) is 0 Å². The molecule has 1 N–H and O–H groups in total. The molecule has 7 nitrogen and oxygen atoms in total. The van der Waals surface area contributed by atoms with Gasteiger partial charge in [-0.15, -0.1) is 0 Å². The molecule has 1 saturated heterocycles. The summed E-state index contributed by atoms with van der Waals surface area (Å²) in [6.45, 7) is 3.18. The number of H-pyrrole nitrogens is 1. The number of unbranched alkanes of at least 4 members (excludes halogenated alkanes) is 1. The van der Waals surface area contributed by atoms with Crippen molar-refractivity contribution >= 4 is 22.8 Å². The number of aromatic amines is 1. The lowest BCUT2D eigenvalue weighted by molar-refractivity contribution is -0.138. The van der Waals surface area contributed by atoms with E-state index in [1.165, 1.54) is 0 Å². The largest absolute Gasteiger partial charge is 0.342 e. The average molecular weight is 315 g/mol. The van der Waals surface area contributed by atoms with E-state index in [0.29, 0.717) is 30.9 Å². The second kappa shape index (κ2) is 6.36. The summed E-state index contributed by atoms with van der Waals surface area (Å²) in [4.78, 5) is 33.0. The highest BCUT2D eigenvalue weighted by Crippen LogP contribution is 2.19. The lowest BCUT2D eigenvalue weighted by Gasteiger charge is -2.39. The second-order valence-electron chi connectivity index (χ2n) is 5.92. The van der Waals surface area contributed by atoms with Gasteiger partial charge in [-0.3, -0.25) is 14.7 Å². The van der Waals surface area contributed by atoms with Crippen LogP contribution in [0.1, 0.15) is 36.7 Å². The van der Waals surface area contributed by atoms with Gasteiger partial charge in [-0.2, -0.15) is 5.10 Å². The zero-order chi connectivity index (χ0) is 16.4. The van der Waals surface area contributed by atoms with Crippen molar-refractivity contribution in [1.82, 2.24) is 25.0 Å². The van der Waals surface area contributed by atoms with Gasteiger partial charge in [0.25, 0.3) is 5.91 Å². The standard InChI is InChI=1S/C16H21N5O2/c1-3-4-5-13-16(23)20(2)8-9-21(13)15(22)12-7-6-11-10-17-19-14(11)18-12/h6-7,10,13H,3-5,8-9H2,1-2H3,(H,17,18,19). The van der Waals surface area contributed by atoms with Crippen molar-refractivity contribution in [3.63, 3.8) is 0 Å². The number of nitrogens with one attached hydrogen (secondary N) is 1. The fourth-order valence-corrected chi connectivity index (χ4v) is 2.92. The minimum absolute atomic E-state index is 0.0145. The second-order valence-corrected chi connectivity index (χ2v) is 5.92. The van der Waals surface area contributed by atoms with E-state index in [9.17, 15) is 9.59 Å². The van der Waals surface area contributed by atoms with Crippen LogP contribution in [0.2, 0.25) is 0 Å². The van der Waals surface area contributed by atoms with Crippen molar-refractivity contribution in [3.8, 4) is 0 Å². The molecule has 0 bridgehead atoms. The molecule has 0 aromatic carbocycles. The topological polar surface area (TPSA) is 82.2 Å². The summed E-state index contributed by atoms with van der Waals surface area (Å²) < 4.78 is 0. The summed E-state index contributed by atoms with van der Waals surface area (Å²) >= 11 is 0. The molecule has 3 heterocycles. The number of hydrogen-bond acceptors (Lipinski definition) is 4. The molecular weight excluding hydrogens is 294 g/mol. The minimum Gasteiger partial charge on any atom is -0.342 e. The van der Waals surface area contributed by atoms with Gasteiger partial charge in [-0.25, -0.2) is 4.98 Å². The third kappa shape index (κ3) is 2.91. The molecule has 2 aromatic heterocycles. The highest BCUT2D eigenvalue weighted by Gasteiger charge is 2.36. The Labute approximate surface area is 134 Å². The monoisotopic (exact) mass is 315 g/mol. The molecule has 3 rings (SSSR count). The van der Waals surface area contributed by atoms with Crippen LogP contribution in [0.25, 0.3) is 11.0 Å². The van der Waals surface area contributed by atoms with E-state index in [2.05, 4.69) is 22.1 Å². The van der Waals surface area contributed by atoms with E-state index in [1.807, 2.05) is 6.07 Å². The SMILES string of the molecule is CCCCC1C(=O)N(C)CCN1C(=O)c1ccc2cn[nH]c2n1. The fourth-order valence-electron chi connectivity index (χ4n) is 2.92. The predicted octanol–water partition coefficient (Wildman–Crippen LogP) is 1.43. The van der Waals surface area contributed by atoms with Gasteiger partial charge in [0.1, 0.15) is 11.7 Å². The summed E-state index contributed by atoms with van der Waals surface area (Å²) in [5.41, 5.74) is 0.932. The Balaban J connectivity index is 1.87. The summed E-state index contributed by atoms with van der Waals surface area (Å²) in [6, 6.07) is 3.12. The Kier molecular flexibility index (Phi) is 4.27. The number of piperazine rings is 1. The van der Waals surface area contributed by atoms with Crippen molar-refractivity contribution in [2.45, 2.75) is 32.2 Å². The molecular formula is C16H21N5O2. The lowest BCUT2D eigenvalue weighted by Crippen LogP contribution is -2.57. The van der Waals surface area contributed by atoms with Crippen molar-refractivity contribution in [1.29, 1.82) is 0 Å². The van der Waals surface area contributed by atoms with E-state index in [-0.39, 0.29) is 17.9 Å². The molecule has 1 unspecified atom stereocenters. The molecule has 0 spiro atoms. The van der Waals surface area contributed by atoms with E-state index in [0.717, 1.165) is 18.2 Å². The zero-order valence-electron chi connectivity index (χ0n) is 13.5. The minimum atomic E-state index is -0.388. The fraction of sp³-hybridized carbons (Fsp3) is 0.500. The third-order valence-electron chi connectivity index (χ3n) is 4.33. The lowest BCUT2D eigenvalue weighted by atomic mass is 10.0. The van der Waals surface area contributed by atoms with Gasteiger partial charge >= 0.3 is 0 Å². The first kappa shape index (κ1) is 15.5. The predicted molar refractivity (Wildman–Crippen MR) is 85.9 cm³/mol. The highest BCUT2D eigenvalue weighted by molar-refractivity contribution is 5.98. The number of carbonyl (C=O) groups excluding carboxylic acids is 2. The number of carbonyl (C=O) groups is 2. The molecule has 1 fully saturated rings. The van der Waals surface area contributed by atoms with E-state index in [1.54, 1.807) is 29.1 Å². The molecule has 0 saturated carbocycles. The molecule has 0 radical (unpaired) electrons. The summed E-state index contributed by atoms with van der Waals surface area (Å²) in [5, 5.41) is 7.55. The average Bonchev–Trinajstić information content (AvgIpc) is 3.03. The molecule has 122 valence electrons. The number of amides is 2. The number of aromatic nitrogens is 3. The third-order valence-corrected chi connectivity index (χ3v) is 4.33. The van der Waals surface area contributed by atoms with Crippen molar-refractivity contribution in [2.24, 2.45) is 0 Å². The van der Waals surface area contributed by atoms with Crippen LogP contribution in [-0.4, -0.2) is 63.0 Å². The van der Waals surface area contributed by atoms with Gasteiger partial charge in [0.15, 0.2) is 5.65 Å². The van der Waals surface area contributed by atoms with Gasteiger partial charge in [0.05, 0.1) is 6.20 Å². The van der Waals surface area contributed by atoms with Crippen molar-refractivity contribution in [2.75, 3.05) is 20.1 Å². The van der Waals surface area contributed by atoms with E-state index >= 15 is 0 Å². The van der Waals surface area contributed by atoms with Crippen LogP contribution in [0.5, 0.6) is 0 Å². The Morgan fingerprint density at radius 3 is 3.00 bits per heavy atom. The van der Waals surface area contributed by atoms with Crippen LogP contribution < -0.4 is 0 Å². The van der Waals surface area contributed by atoms with Crippen LogP contribution in [0.15, 0.2) is 18.3 Å². The number of pyridine rings is 1. The smallest absolute Gasteiger partial charge is 0.273 e. The maximum atomic E-state index is 12.8. The van der Waals surface area contributed by atoms with Crippen LogP contribution in [-0.2, 0) is 4.79 Å².